The maximum absolute atomic E-state index is 13.5. The van der Waals surface area contributed by atoms with Crippen LogP contribution in [-0.4, -0.2) is 48.4 Å². The van der Waals surface area contributed by atoms with Crippen molar-refractivity contribution >= 4 is 5.82 Å². The zero-order chi connectivity index (χ0) is 16.2. The van der Waals surface area contributed by atoms with Gasteiger partial charge in [-0.3, -0.25) is 0 Å². The van der Waals surface area contributed by atoms with Gasteiger partial charge >= 0.3 is 0 Å². The highest BCUT2D eigenvalue weighted by Gasteiger charge is 2.19. The molecule has 2 heterocycles. The van der Waals surface area contributed by atoms with E-state index in [9.17, 15) is 4.39 Å². The minimum atomic E-state index is -0.183. The molecule has 0 saturated carbocycles. The number of benzene rings is 1. The third-order valence-corrected chi connectivity index (χ3v) is 4.35. The van der Waals surface area contributed by atoms with Gasteiger partial charge in [0.25, 0.3) is 0 Å². The number of anilines is 1. The fraction of sp³-hybridized carbons (Fsp3) is 0.471. The Bertz CT molecular complexity index is 639. The summed E-state index contributed by atoms with van der Waals surface area (Å²) in [6.45, 7) is 3.57. The van der Waals surface area contributed by atoms with Gasteiger partial charge in [-0.15, -0.1) is 0 Å². The lowest BCUT2D eigenvalue weighted by Gasteiger charge is -2.28. The zero-order valence-electron chi connectivity index (χ0n) is 13.7. The summed E-state index contributed by atoms with van der Waals surface area (Å²) in [6.07, 6.45) is 1.82. The van der Waals surface area contributed by atoms with E-state index < -0.39 is 0 Å². The van der Waals surface area contributed by atoms with Crippen LogP contribution < -0.4 is 10.6 Å². The average molecular weight is 317 g/mol. The molecule has 2 aromatic rings. The van der Waals surface area contributed by atoms with Gasteiger partial charge in [0.15, 0.2) is 0 Å². The van der Waals surface area contributed by atoms with E-state index in [-0.39, 0.29) is 11.9 Å². The molecule has 0 bridgehead atoms. The van der Waals surface area contributed by atoms with Crippen molar-refractivity contribution in [2.75, 3.05) is 39.0 Å². The first-order chi connectivity index (χ1) is 11.1. The third-order valence-electron chi connectivity index (χ3n) is 4.35. The van der Waals surface area contributed by atoms with Crippen LogP contribution in [0.3, 0.4) is 0 Å². The van der Waals surface area contributed by atoms with Crippen molar-refractivity contribution in [2.45, 2.75) is 12.6 Å². The summed E-state index contributed by atoms with van der Waals surface area (Å²) in [5, 5.41) is 11.2. The van der Waals surface area contributed by atoms with Crippen molar-refractivity contribution in [1.29, 1.82) is 0 Å². The molecule has 0 saturated heterocycles. The second-order valence-electron chi connectivity index (χ2n) is 6.34. The Morgan fingerprint density at radius 3 is 3.09 bits per heavy atom. The van der Waals surface area contributed by atoms with Crippen molar-refractivity contribution in [3.8, 4) is 0 Å². The lowest BCUT2D eigenvalue weighted by atomic mass is 10.0. The Labute approximate surface area is 136 Å². The number of rotatable bonds is 6. The Kier molecular flexibility index (Phi) is 4.93. The molecule has 0 aliphatic carbocycles. The lowest BCUT2D eigenvalue weighted by molar-refractivity contribution is 0.279. The molecular weight excluding hydrogens is 293 g/mol. The van der Waals surface area contributed by atoms with Crippen LogP contribution in [0.1, 0.15) is 11.6 Å². The van der Waals surface area contributed by atoms with Gasteiger partial charge in [-0.1, -0.05) is 12.1 Å². The van der Waals surface area contributed by atoms with Gasteiger partial charge in [0.2, 0.25) is 0 Å². The number of nitrogens with zero attached hydrogens (tertiary/aromatic N) is 3. The summed E-state index contributed by atoms with van der Waals surface area (Å²) in [7, 11) is 4.05. The van der Waals surface area contributed by atoms with Crippen molar-refractivity contribution in [3.05, 3.63) is 47.9 Å². The summed E-state index contributed by atoms with van der Waals surface area (Å²) in [5.41, 5.74) is 0.999. The number of likely N-dealkylation sites (N-methyl/N-ethyl adjacent to an activating group) is 1. The van der Waals surface area contributed by atoms with Gasteiger partial charge in [-0.05, 0) is 31.8 Å². The summed E-state index contributed by atoms with van der Waals surface area (Å²) in [6, 6.07) is 9.00. The van der Waals surface area contributed by atoms with E-state index in [0.29, 0.717) is 5.92 Å². The minimum absolute atomic E-state index is 0.155. The molecule has 1 aromatic heterocycles. The second kappa shape index (κ2) is 7.10. The smallest absolute Gasteiger partial charge is 0.124 e. The molecule has 2 N–H and O–H groups in total. The summed E-state index contributed by atoms with van der Waals surface area (Å²) in [5.74, 6) is 1.40. The first-order valence-electron chi connectivity index (χ1n) is 8.02. The standard InChI is InChI=1S/C17H24FN5/c1-22(2)16(14-4-3-5-15(18)8-14)11-19-9-13-10-20-17-6-7-21-23(17)12-13/h3-8,13,16,19-20H,9-12H2,1-2H3/t13-,16+/m0/s1. The van der Waals surface area contributed by atoms with Gasteiger partial charge in [0.1, 0.15) is 11.6 Å². The van der Waals surface area contributed by atoms with E-state index >= 15 is 0 Å². The number of hydrogen-bond donors (Lipinski definition) is 2. The molecule has 1 aromatic carbocycles. The van der Waals surface area contributed by atoms with Gasteiger partial charge < -0.3 is 15.5 Å². The maximum Gasteiger partial charge on any atom is 0.124 e. The Morgan fingerprint density at radius 2 is 2.30 bits per heavy atom. The fourth-order valence-corrected chi connectivity index (χ4v) is 3.06. The number of aromatic nitrogens is 2. The highest BCUT2D eigenvalue weighted by atomic mass is 19.1. The van der Waals surface area contributed by atoms with Crippen LogP contribution in [0.25, 0.3) is 0 Å². The number of nitrogens with one attached hydrogen (secondary N) is 2. The molecule has 3 rings (SSSR count). The Balaban J connectivity index is 1.54. The van der Waals surface area contributed by atoms with Crippen molar-refractivity contribution < 1.29 is 4.39 Å². The van der Waals surface area contributed by atoms with E-state index in [0.717, 1.165) is 37.6 Å². The molecule has 0 fully saturated rings. The molecule has 1 aliphatic heterocycles. The van der Waals surface area contributed by atoms with Crippen molar-refractivity contribution in [2.24, 2.45) is 5.92 Å². The van der Waals surface area contributed by atoms with E-state index in [1.165, 1.54) is 6.07 Å². The van der Waals surface area contributed by atoms with Crippen LogP contribution in [0.5, 0.6) is 0 Å². The van der Waals surface area contributed by atoms with Crippen LogP contribution in [0.2, 0.25) is 0 Å². The zero-order valence-corrected chi connectivity index (χ0v) is 13.7. The average Bonchev–Trinajstić information content (AvgIpc) is 2.98. The predicted octanol–water partition coefficient (Wildman–Crippen LogP) is 1.96. The molecular formula is C17H24FN5. The monoisotopic (exact) mass is 317 g/mol. The SMILES string of the molecule is CN(C)[C@H](CNC[C@H]1CNc2ccnn2C1)c1cccc(F)c1. The molecule has 2 atom stereocenters. The number of hydrogen-bond acceptors (Lipinski definition) is 4. The molecule has 0 radical (unpaired) electrons. The Morgan fingerprint density at radius 1 is 1.43 bits per heavy atom. The minimum Gasteiger partial charge on any atom is -0.370 e. The molecule has 124 valence electrons. The van der Waals surface area contributed by atoms with E-state index in [1.807, 2.05) is 37.1 Å². The largest absolute Gasteiger partial charge is 0.370 e. The molecule has 6 heteroatoms. The van der Waals surface area contributed by atoms with Crippen molar-refractivity contribution in [1.82, 2.24) is 20.0 Å². The molecule has 5 nitrogen and oxygen atoms in total. The molecule has 0 spiro atoms. The van der Waals surface area contributed by atoms with E-state index in [1.54, 1.807) is 12.1 Å². The molecule has 1 aliphatic rings. The molecule has 0 amide bonds. The highest BCUT2D eigenvalue weighted by molar-refractivity contribution is 5.35. The molecule has 23 heavy (non-hydrogen) atoms. The topological polar surface area (TPSA) is 45.1 Å². The van der Waals surface area contributed by atoms with E-state index in [4.69, 9.17) is 0 Å². The highest BCUT2D eigenvalue weighted by Crippen LogP contribution is 2.19. The first kappa shape index (κ1) is 16.0. The number of fused-ring (bicyclic) bond motifs is 1. The van der Waals surface area contributed by atoms with Gasteiger partial charge in [-0.25, -0.2) is 9.07 Å². The van der Waals surface area contributed by atoms with Gasteiger partial charge in [0.05, 0.1) is 6.20 Å². The predicted molar refractivity (Wildman–Crippen MR) is 89.9 cm³/mol. The van der Waals surface area contributed by atoms with Crippen LogP contribution in [0, 0.1) is 11.7 Å². The summed E-state index contributed by atoms with van der Waals surface area (Å²) in [4.78, 5) is 2.12. The summed E-state index contributed by atoms with van der Waals surface area (Å²) >= 11 is 0. The number of halogens is 1. The summed E-state index contributed by atoms with van der Waals surface area (Å²) < 4.78 is 15.5. The van der Waals surface area contributed by atoms with E-state index in [2.05, 4.69) is 20.6 Å². The van der Waals surface area contributed by atoms with Crippen LogP contribution in [0.4, 0.5) is 10.2 Å². The van der Waals surface area contributed by atoms with Crippen LogP contribution >= 0.6 is 0 Å². The molecule has 0 unspecified atom stereocenters. The lowest BCUT2D eigenvalue weighted by Crippen LogP contribution is -2.38. The van der Waals surface area contributed by atoms with Crippen LogP contribution in [0.15, 0.2) is 36.5 Å². The first-order valence-corrected chi connectivity index (χ1v) is 8.02. The maximum atomic E-state index is 13.5. The Hall–Kier alpha value is -1.92. The van der Waals surface area contributed by atoms with Crippen molar-refractivity contribution in [3.63, 3.8) is 0 Å². The van der Waals surface area contributed by atoms with Gasteiger partial charge in [-0.2, -0.15) is 5.10 Å². The third kappa shape index (κ3) is 3.89. The quantitative estimate of drug-likeness (QED) is 0.855. The second-order valence-corrected chi connectivity index (χ2v) is 6.34. The fourth-order valence-electron chi connectivity index (χ4n) is 3.06. The van der Waals surface area contributed by atoms with Gasteiger partial charge in [0, 0.05) is 44.2 Å². The van der Waals surface area contributed by atoms with Crippen LogP contribution in [-0.2, 0) is 6.54 Å². The normalized spacial score (nSPS) is 18.5.